The number of nitrogens with zero attached hydrogens (tertiary/aromatic N) is 6. The number of amides is 1. The van der Waals surface area contributed by atoms with Crippen molar-refractivity contribution >= 4 is 22.3 Å². The molecule has 1 aliphatic rings. The highest BCUT2D eigenvalue weighted by atomic mass is 16.2. The SMILES string of the molecule is Cn1nc(C(=O)N2CCC(c3nnc4ccccn34)CC2)c2ccccc2c1=O. The Morgan fingerprint density at radius 3 is 2.52 bits per heavy atom. The first kappa shape index (κ1) is 17.5. The van der Waals surface area contributed by atoms with Gasteiger partial charge in [-0.3, -0.25) is 14.0 Å². The summed E-state index contributed by atoms with van der Waals surface area (Å²) >= 11 is 0. The van der Waals surface area contributed by atoms with Crippen molar-refractivity contribution in [1.82, 2.24) is 29.3 Å². The molecule has 5 rings (SSSR count). The number of aromatic nitrogens is 5. The number of piperidine rings is 1. The summed E-state index contributed by atoms with van der Waals surface area (Å²) in [4.78, 5) is 27.3. The molecule has 0 saturated carbocycles. The fourth-order valence-electron chi connectivity index (χ4n) is 4.09. The maximum atomic E-state index is 13.2. The van der Waals surface area contributed by atoms with E-state index in [2.05, 4.69) is 15.3 Å². The van der Waals surface area contributed by atoms with Gasteiger partial charge in [0.25, 0.3) is 11.5 Å². The standard InChI is InChI=1S/C21H20N6O2/c1-25-20(28)16-7-3-2-6-15(16)18(24-25)21(29)26-12-9-14(10-13-26)19-23-22-17-8-4-5-11-27(17)19/h2-8,11,14H,9-10,12-13H2,1H3. The molecule has 1 aliphatic heterocycles. The molecule has 4 aromatic rings. The second-order valence-corrected chi connectivity index (χ2v) is 7.38. The lowest BCUT2D eigenvalue weighted by Gasteiger charge is -2.31. The van der Waals surface area contributed by atoms with Gasteiger partial charge in [0.1, 0.15) is 5.82 Å². The molecule has 0 atom stereocenters. The van der Waals surface area contributed by atoms with Crippen LogP contribution in [-0.4, -0.2) is 48.3 Å². The summed E-state index contributed by atoms with van der Waals surface area (Å²) in [6.45, 7) is 1.23. The van der Waals surface area contributed by atoms with Crippen LogP contribution in [0.1, 0.15) is 35.1 Å². The van der Waals surface area contributed by atoms with E-state index in [-0.39, 0.29) is 17.4 Å². The number of carbonyl (C=O) groups is 1. The Hall–Kier alpha value is -3.55. The predicted octanol–water partition coefficient (Wildman–Crippen LogP) is 2.00. The summed E-state index contributed by atoms with van der Waals surface area (Å²) in [5.74, 6) is 1.06. The van der Waals surface area contributed by atoms with E-state index in [4.69, 9.17) is 0 Å². The lowest BCUT2D eigenvalue weighted by Crippen LogP contribution is -2.39. The van der Waals surface area contributed by atoms with Crippen LogP contribution < -0.4 is 5.56 Å². The van der Waals surface area contributed by atoms with E-state index < -0.39 is 0 Å². The summed E-state index contributed by atoms with van der Waals surface area (Å²) in [5.41, 5.74) is 0.963. The molecule has 1 aromatic carbocycles. The van der Waals surface area contributed by atoms with E-state index in [1.165, 1.54) is 4.68 Å². The maximum Gasteiger partial charge on any atom is 0.274 e. The second-order valence-electron chi connectivity index (χ2n) is 7.38. The van der Waals surface area contributed by atoms with Crippen molar-refractivity contribution in [3.8, 4) is 0 Å². The van der Waals surface area contributed by atoms with E-state index in [1.54, 1.807) is 25.2 Å². The first-order valence-corrected chi connectivity index (χ1v) is 9.68. The normalized spacial score (nSPS) is 15.3. The van der Waals surface area contributed by atoms with Crippen molar-refractivity contribution < 1.29 is 4.79 Å². The summed E-state index contributed by atoms with van der Waals surface area (Å²) in [7, 11) is 1.58. The van der Waals surface area contributed by atoms with E-state index in [9.17, 15) is 9.59 Å². The number of pyridine rings is 1. The molecular weight excluding hydrogens is 368 g/mol. The zero-order valence-corrected chi connectivity index (χ0v) is 16.0. The average Bonchev–Trinajstić information content (AvgIpc) is 3.20. The Bertz CT molecular complexity index is 1280. The van der Waals surface area contributed by atoms with Gasteiger partial charge in [0, 0.05) is 37.6 Å². The number of rotatable bonds is 2. The molecule has 0 unspecified atom stereocenters. The zero-order chi connectivity index (χ0) is 20.0. The molecule has 1 amide bonds. The van der Waals surface area contributed by atoms with Gasteiger partial charge in [0.2, 0.25) is 0 Å². The van der Waals surface area contributed by atoms with Gasteiger partial charge in [-0.05, 0) is 31.0 Å². The van der Waals surface area contributed by atoms with E-state index in [0.717, 1.165) is 24.3 Å². The third-order valence-corrected chi connectivity index (χ3v) is 5.65. The van der Waals surface area contributed by atoms with Crippen molar-refractivity contribution in [3.05, 3.63) is 70.5 Å². The number of benzene rings is 1. The number of hydrogen-bond acceptors (Lipinski definition) is 5. The van der Waals surface area contributed by atoms with Crippen LogP contribution >= 0.6 is 0 Å². The number of aryl methyl sites for hydroxylation is 1. The Labute approximate surface area is 166 Å². The Balaban J connectivity index is 1.40. The highest BCUT2D eigenvalue weighted by molar-refractivity contribution is 6.04. The van der Waals surface area contributed by atoms with Crippen molar-refractivity contribution in [2.45, 2.75) is 18.8 Å². The number of carbonyl (C=O) groups excluding carboxylic acids is 1. The van der Waals surface area contributed by atoms with Crippen LogP contribution in [0.25, 0.3) is 16.4 Å². The molecule has 29 heavy (non-hydrogen) atoms. The molecule has 0 bridgehead atoms. The van der Waals surface area contributed by atoms with E-state index >= 15 is 0 Å². The molecule has 3 aromatic heterocycles. The molecule has 0 spiro atoms. The minimum absolute atomic E-state index is 0.138. The molecule has 8 nitrogen and oxygen atoms in total. The van der Waals surface area contributed by atoms with Gasteiger partial charge in [0.15, 0.2) is 11.3 Å². The lowest BCUT2D eigenvalue weighted by atomic mass is 9.95. The van der Waals surface area contributed by atoms with Crippen molar-refractivity contribution in [2.75, 3.05) is 13.1 Å². The molecule has 0 aliphatic carbocycles. The minimum atomic E-state index is -0.199. The van der Waals surface area contributed by atoms with Crippen LogP contribution in [0, 0.1) is 0 Å². The summed E-state index contributed by atoms with van der Waals surface area (Å²) in [6, 6.07) is 13.0. The van der Waals surface area contributed by atoms with Crippen LogP contribution in [0.5, 0.6) is 0 Å². The van der Waals surface area contributed by atoms with Gasteiger partial charge in [0.05, 0.1) is 5.39 Å². The van der Waals surface area contributed by atoms with Gasteiger partial charge < -0.3 is 4.90 Å². The van der Waals surface area contributed by atoms with Crippen molar-refractivity contribution in [1.29, 1.82) is 0 Å². The van der Waals surface area contributed by atoms with E-state index in [1.807, 2.05) is 39.8 Å². The van der Waals surface area contributed by atoms with Crippen LogP contribution in [-0.2, 0) is 7.05 Å². The van der Waals surface area contributed by atoms with Crippen molar-refractivity contribution in [2.24, 2.45) is 7.05 Å². The van der Waals surface area contributed by atoms with Crippen LogP contribution in [0.15, 0.2) is 53.5 Å². The minimum Gasteiger partial charge on any atom is -0.337 e. The highest BCUT2D eigenvalue weighted by Crippen LogP contribution is 2.28. The van der Waals surface area contributed by atoms with Crippen molar-refractivity contribution in [3.63, 3.8) is 0 Å². The molecule has 0 radical (unpaired) electrons. The topological polar surface area (TPSA) is 85.4 Å². The summed E-state index contributed by atoms with van der Waals surface area (Å²) in [6.07, 6.45) is 3.60. The Kier molecular flexibility index (Phi) is 4.12. The molecule has 1 fully saturated rings. The third-order valence-electron chi connectivity index (χ3n) is 5.65. The quantitative estimate of drug-likeness (QED) is 0.524. The largest absolute Gasteiger partial charge is 0.337 e. The molecule has 146 valence electrons. The van der Waals surface area contributed by atoms with Gasteiger partial charge in [-0.25, -0.2) is 4.68 Å². The lowest BCUT2D eigenvalue weighted by molar-refractivity contribution is 0.0704. The van der Waals surface area contributed by atoms with Crippen LogP contribution in [0.3, 0.4) is 0 Å². The van der Waals surface area contributed by atoms with Gasteiger partial charge in [-0.15, -0.1) is 10.2 Å². The number of likely N-dealkylation sites (tertiary alicyclic amines) is 1. The van der Waals surface area contributed by atoms with Gasteiger partial charge in [-0.2, -0.15) is 5.10 Å². The molecular formula is C21H20N6O2. The smallest absolute Gasteiger partial charge is 0.274 e. The monoisotopic (exact) mass is 388 g/mol. The number of hydrogen-bond donors (Lipinski definition) is 0. The molecule has 1 saturated heterocycles. The van der Waals surface area contributed by atoms with E-state index in [0.29, 0.717) is 29.6 Å². The summed E-state index contributed by atoms with van der Waals surface area (Å²) in [5, 5.41) is 14.0. The van der Waals surface area contributed by atoms with Crippen LogP contribution in [0.4, 0.5) is 0 Å². The Morgan fingerprint density at radius 1 is 1.00 bits per heavy atom. The number of fused-ring (bicyclic) bond motifs is 2. The molecule has 8 heteroatoms. The fraction of sp³-hybridized carbons (Fsp3) is 0.286. The average molecular weight is 388 g/mol. The second kappa shape index (κ2) is 6.80. The first-order valence-electron chi connectivity index (χ1n) is 9.68. The highest BCUT2D eigenvalue weighted by Gasteiger charge is 2.29. The molecule has 4 heterocycles. The zero-order valence-electron chi connectivity index (χ0n) is 16.0. The first-order chi connectivity index (χ1) is 14.1. The summed E-state index contributed by atoms with van der Waals surface area (Å²) < 4.78 is 3.26. The fourth-order valence-corrected chi connectivity index (χ4v) is 4.09. The predicted molar refractivity (Wildman–Crippen MR) is 108 cm³/mol. The van der Waals surface area contributed by atoms with Crippen LogP contribution in [0.2, 0.25) is 0 Å². The third kappa shape index (κ3) is 2.88. The Morgan fingerprint density at radius 2 is 1.72 bits per heavy atom. The van der Waals surface area contributed by atoms with Gasteiger partial charge in [-0.1, -0.05) is 24.3 Å². The molecule has 0 N–H and O–H groups in total. The van der Waals surface area contributed by atoms with Gasteiger partial charge >= 0.3 is 0 Å². The maximum absolute atomic E-state index is 13.2.